The topological polar surface area (TPSA) is 68.8 Å². The first-order chi connectivity index (χ1) is 21.7. The van der Waals surface area contributed by atoms with Crippen molar-refractivity contribution >= 4 is 38.4 Å². The van der Waals surface area contributed by atoms with Crippen LogP contribution in [0.2, 0.25) is 0 Å². The Morgan fingerprint density at radius 1 is 0.477 bits per heavy atom. The predicted octanol–water partition coefficient (Wildman–Crippen LogP) is 9.34. The minimum absolute atomic E-state index is 0.572. The quantitative estimate of drug-likeness (QED) is 0.121. The summed E-state index contributed by atoms with van der Waals surface area (Å²) in [6.07, 6.45) is 1.80. The van der Waals surface area contributed by atoms with Crippen LogP contribution in [0.3, 0.4) is 0 Å². The number of nitrogens with zero attached hydrogens (tertiary/aromatic N) is 6. The van der Waals surface area contributed by atoms with Gasteiger partial charge in [-0.1, -0.05) is 103 Å². The van der Waals surface area contributed by atoms with E-state index < -0.39 is 0 Å². The van der Waals surface area contributed by atoms with Crippen molar-refractivity contribution in [1.82, 2.24) is 24.9 Å². The summed E-state index contributed by atoms with van der Waals surface area (Å²) >= 11 is 0. The molecule has 6 nitrogen and oxygen atoms in total. The molecule has 44 heavy (non-hydrogen) atoms. The molecule has 8 rings (SSSR count). The molecule has 0 unspecified atom stereocenters. The average molecular weight is 563 g/mol. The molecule has 0 aliphatic rings. The zero-order valence-corrected chi connectivity index (χ0v) is 23.4. The molecule has 0 saturated heterocycles. The van der Waals surface area contributed by atoms with Crippen molar-refractivity contribution in [3.63, 3.8) is 0 Å². The molecule has 0 saturated carbocycles. The molecule has 0 amide bonds. The molecular weight excluding hydrogens is 540 g/mol. The molecule has 0 aliphatic heterocycles. The Bertz CT molecular complexity index is 2320. The van der Waals surface area contributed by atoms with E-state index in [-0.39, 0.29) is 0 Å². The highest BCUT2D eigenvalue weighted by atomic mass is 15.0. The van der Waals surface area contributed by atoms with Gasteiger partial charge >= 0.3 is 0 Å². The van der Waals surface area contributed by atoms with Gasteiger partial charge in [-0.05, 0) is 40.8 Å². The van der Waals surface area contributed by atoms with Crippen LogP contribution in [0.1, 0.15) is 0 Å². The molecule has 3 aromatic heterocycles. The third kappa shape index (κ3) is 4.50. The van der Waals surface area contributed by atoms with E-state index in [1.54, 1.807) is 6.20 Å². The number of fused-ring (bicyclic) bond motifs is 4. The molecule has 6 heteroatoms. The summed E-state index contributed by atoms with van der Waals surface area (Å²) in [5.41, 5.74) is 7.91. The molecule has 5 aromatic carbocycles. The molecule has 0 N–H and O–H groups in total. The average Bonchev–Trinajstić information content (AvgIpc) is 3.11. The van der Waals surface area contributed by atoms with Crippen molar-refractivity contribution in [2.45, 2.75) is 0 Å². The summed E-state index contributed by atoms with van der Waals surface area (Å²) in [7, 11) is 0. The van der Waals surface area contributed by atoms with E-state index in [1.807, 2.05) is 84.9 Å². The number of pyridine rings is 2. The fourth-order valence-electron chi connectivity index (χ4n) is 5.56. The smallest absolute Gasteiger partial charge is 0.189 e. The third-order valence-corrected chi connectivity index (χ3v) is 7.74. The summed E-state index contributed by atoms with van der Waals surface area (Å²) < 4.78 is 0. The van der Waals surface area contributed by atoms with Crippen LogP contribution >= 0.6 is 0 Å². The van der Waals surface area contributed by atoms with Crippen LogP contribution in [0.4, 0.5) is 5.69 Å². The van der Waals surface area contributed by atoms with Gasteiger partial charge in [0.25, 0.3) is 0 Å². The summed E-state index contributed by atoms with van der Waals surface area (Å²) in [5.74, 6) is 1.88. The second-order valence-electron chi connectivity index (χ2n) is 10.5. The summed E-state index contributed by atoms with van der Waals surface area (Å²) in [6, 6.07) is 42.2. The lowest BCUT2D eigenvalue weighted by Gasteiger charge is -2.12. The Morgan fingerprint density at radius 3 is 1.73 bits per heavy atom. The molecule has 8 aromatic rings. The van der Waals surface area contributed by atoms with E-state index in [0.29, 0.717) is 23.2 Å². The van der Waals surface area contributed by atoms with E-state index in [4.69, 9.17) is 31.5 Å². The first-order valence-corrected chi connectivity index (χ1v) is 14.2. The second-order valence-corrected chi connectivity index (χ2v) is 10.5. The number of hydrogen-bond acceptors (Lipinski definition) is 5. The highest BCUT2D eigenvalue weighted by molar-refractivity contribution is 6.12. The molecule has 3 heterocycles. The number of rotatable bonds is 4. The summed E-state index contributed by atoms with van der Waals surface area (Å²) in [6.45, 7) is 7.38. The van der Waals surface area contributed by atoms with Crippen LogP contribution in [-0.2, 0) is 0 Å². The number of aromatic nitrogens is 5. The van der Waals surface area contributed by atoms with Crippen molar-refractivity contribution in [1.29, 1.82) is 0 Å². The number of hydrogen-bond donors (Lipinski definition) is 0. The van der Waals surface area contributed by atoms with Crippen LogP contribution < -0.4 is 0 Å². The lowest BCUT2D eigenvalue weighted by molar-refractivity contribution is 1.07. The molecule has 0 spiro atoms. The van der Waals surface area contributed by atoms with Crippen LogP contribution in [0.15, 0.2) is 134 Å². The maximum atomic E-state index is 7.38. The Hall–Kier alpha value is -6.32. The fourth-order valence-corrected chi connectivity index (χ4v) is 5.56. The Morgan fingerprint density at radius 2 is 1.09 bits per heavy atom. The van der Waals surface area contributed by atoms with Gasteiger partial charge in [-0.15, -0.1) is 0 Å². The zero-order valence-electron chi connectivity index (χ0n) is 23.4. The van der Waals surface area contributed by atoms with Gasteiger partial charge in [-0.2, -0.15) is 0 Å². The Balaban J connectivity index is 1.26. The Kier molecular flexibility index (Phi) is 6.06. The Labute approximate surface area is 253 Å². The molecule has 0 fully saturated rings. The van der Waals surface area contributed by atoms with Crippen molar-refractivity contribution in [3.8, 4) is 45.3 Å². The van der Waals surface area contributed by atoms with E-state index in [0.717, 1.165) is 60.5 Å². The van der Waals surface area contributed by atoms with Gasteiger partial charge < -0.3 is 0 Å². The van der Waals surface area contributed by atoms with Gasteiger partial charge in [0.15, 0.2) is 23.2 Å². The normalized spacial score (nSPS) is 11.2. The summed E-state index contributed by atoms with van der Waals surface area (Å²) in [5, 5.41) is 2.99. The van der Waals surface area contributed by atoms with Gasteiger partial charge in [0.05, 0.1) is 23.1 Å². The van der Waals surface area contributed by atoms with Gasteiger partial charge in [-0.25, -0.2) is 24.8 Å². The molecule has 204 valence electrons. The second kappa shape index (κ2) is 10.5. The largest absolute Gasteiger partial charge is 0.254 e. The first-order valence-electron chi connectivity index (χ1n) is 14.2. The van der Waals surface area contributed by atoms with Crippen LogP contribution in [0.25, 0.3) is 82.8 Å². The highest BCUT2D eigenvalue weighted by Crippen LogP contribution is 2.36. The van der Waals surface area contributed by atoms with E-state index in [1.165, 1.54) is 0 Å². The lowest BCUT2D eigenvalue weighted by Crippen LogP contribution is -2.00. The highest BCUT2D eigenvalue weighted by Gasteiger charge is 2.15. The lowest BCUT2D eigenvalue weighted by atomic mass is 9.96. The monoisotopic (exact) mass is 562 g/mol. The van der Waals surface area contributed by atoms with Crippen LogP contribution in [-0.4, -0.2) is 24.9 Å². The van der Waals surface area contributed by atoms with E-state index in [2.05, 4.69) is 47.3 Å². The van der Waals surface area contributed by atoms with Crippen molar-refractivity contribution in [3.05, 3.63) is 145 Å². The van der Waals surface area contributed by atoms with Gasteiger partial charge in [0.1, 0.15) is 0 Å². The van der Waals surface area contributed by atoms with Crippen molar-refractivity contribution in [2.75, 3.05) is 0 Å². The third-order valence-electron chi connectivity index (χ3n) is 7.74. The first kappa shape index (κ1) is 25.4. The van der Waals surface area contributed by atoms with Gasteiger partial charge in [0, 0.05) is 33.7 Å². The zero-order chi connectivity index (χ0) is 29.5. The fraction of sp³-hybridized carbons (Fsp3) is 0. The molecule has 0 aliphatic carbocycles. The maximum absolute atomic E-state index is 7.38. The standard InChI is InChI=1S/C38H22N6/c1-39-30-19-18-28-21-29-22-32(31-13-8-20-40-35(31)34(29)41-33(28)23-30)24-14-16-27(17-15-24)38-43-36(25-9-4-2-5-10-25)42-37(44-38)26-11-6-3-7-12-26/h2-23H. The molecule has 0 atom stereocenters. The minimum Gasteiger partial charge on any atom is -0.254 e. The van der Waals surface area contributed by atoms with Crippen molar-refractivity contribution < 1.29 is 0 Å². The molecular formula is C38H22N6. The molecule has 0 radical (unpaired) electrons. The molecule has 0 bridgehead atoms. The number of benzene rings is 5. The SMILES string of the molecule is [C-]#[N+]c1ccc2cc3cc(-c4ccc(-c5nc(-c6ccccc6)nc(-c6ccccc6)n5)cc4)c4cccnc4c3nc2c1. The van der Waals surface area contributed by atoms with E-state index in [9.17, 15) is 0 Å². The van der Waals surface area contributed by atoms with Crippen molar-refractivity contribution in [2.24, 2.45) is 0 Å². The van der Waals surface area contributed by atoms with E-state index >= 15 is 0 Å². The van der Waals surface area contributed by atoms with Gasteiger partial charge in [0.2, 0.25) is 0 Å². The predicted molar refractivity (Wildman–Crippen MR) is 176 cm³/mol. The minimum atomic E-state index is 0.572. The maximum Gasteiger partial charge on any atom is 0.189 e. The van der Waals surface area contributed by atoms with Crippen LogP contribution in [0, 0.1) is 6.57 Å². The van der Waals surface area contributed by atoms with Crippen LogP contribution in [0.5, 0.6) is 0 Å². The summed E-state index contributed by atoms with van der Waals surface area (Å²) in [4.78, 5) is 27.8. The van der Waals surface area contributed by atoms with Gasteiger partial charge in [-0.3, -0.25) is 4.98 Å².